The van der Waals surface area contributed by atoms with Gasteiger partial charge in [0.05, 0.1) is 11.2 Å². The molecule has 190 valence electrons. The van der Waals surface area contributed by atoms with E-state index in [1.165, 1.54) is 69.0 Å². The third-order valence-electron chi connectivity index (χ3n) is 8.42. The van der Waals surface area contributed by atoms with Gasteiger partial charge in [-0.3, -0.25) is 0 Å². The van der Waals surface area contributed by atoms with Crippen LogP contribution in [0.3, 0.4) is 0 Å². The maximum absolute atomic E-state index is 5.18. The summed E-state index contributed by atoms with van der Waals surface area (Å²) >= 11 is 1.88. The minimum atomic E-state index is 1.03. The lowest BCUT2D eigenvalue weighted by molar-refractivity contribution is 1.43. The Morgan fingerprint density at radius 1 is 0.415 bits per heavy atom. The van der Waals surface area contributed by atoms with Crippen LogP contribution in [0.1, 0.15) is 0 Å². The van der Waals surface area contributed by atoms with Crippen LogP contribution in [-0.4, -0.2) is 4.98 Å². The first-order chi connectivity index (χ1) is 20.3. The van der Waals surface area contributed by atoms with Crippen molar-refractivity contribution in [3.63, 3.8) is 0 Å². The number of rotatable bonds is 2. The summed E-state index contributed by atoms with van der Waals surface area (Å²) in [5, 5.41) is 11.5. The Kier molecular flexibility index (Phi) is 4.84. The monoisotopic (exact) mass is 537 g/mol. The molecule has 41 heavy (non-hydrogen) atoms. The smallest absolute Gasteiger partial charge is 0.0788 e. The molecule has 0 radical (unpaired) electrons. The van der Waals surface area contributed by atoms with Gasteiger partial charge in [-0.1, -0.05) is 109 Å². The van der Waals surface area contributed by atoms with Gasteiger partial charge < -0.3 is 0 Å². The van der Waals surface area contributed by atoms with Crippen molar-refractivity contribution < 1.29 is 0 Å². The predicted octanol–water partition coefficient (Wildman–Crippen LogP) is 11.4. The lowest BCUT2D eigenvalue weighted by Crippen LogP contribution is -1.90. The van der Waals surface area contributed by atoms with E-state index in [1.54, 1.807) is 0 Å². The highest BCUT2D eigenvalue weighted by molar-refractivity contribution is 7.26. The van der Waals surface area contributed by atoms with Gasteiger partial charge in [-0.2, -0.15) is 0 Å². The average molecular weight is 538 g/mol. The molecule has 0 saturated carbocycles. The Morgan fingerprint density at radius 2 is 1.12 bits per heavy atom. The molecule has 0 aliphatic heterocycles. The zero-order chi connectivity index (χ0) is 26.9. The molecule has 0 amide bonds. The summed E-state index contributed by atoms with van der Waals surface area (Å²) in [5.74, 6) is 0. The molecule has 9 rings (SSSR count). The van der Waals surface area contributed by atoms with E-state index in [9.17, 15) is 0 Å². The zero-order valence-corrected chi connectivity index (χ0v) is 23.0. The van der Waals surface area contributed by atoms with Gasteiger partial charge in [0.2, 0.25) is 0 Å². The zero-order valence-electron chi connectivity index (χ0n) is 22.1. The van der Waals surface area contributed by atoms with E-state index in [-0.39, 0.29) is 0 Å². The molecular weight excluding hydrogens is 515 g/mol. The van der Waals surface area contributed by atoms with Crippen LogP contribution in [0.2, 0.25) is 0 Å². The Hall–Kier alpha value is -5.05. The third kappa shape index (κ3) is 3.38. The molecular formula is C39H23NS. The van der Waals surface area contributed by atoms with E-state index < -0.39 is 0 Å². The molecule has 0 aliphatic carbocycles. The Balaban J connectivity index is 1.41. The summed E-state index contributed by atoms with van der Waals surface area (Å²) in [7, 11) is 0. The van der Waals surface area contributed by atoms with Gasteiger partial charge in [-0.05, 0) is 63.0 Å². The van der Waals surface area contributed by atoms with E-state index in [0.717, 1.165) is 16.8 Å². The van der Waals surface area contributed by atoms with Crippen LogP contribution < -0.4 is 0 Å². The number of benzene rings is 7. The van der Waals surface area contributed by atoms with Gasteiger partial charge in [0.1, 0.15) is 0 Å². The van der Waals surface area contributed by atoms with E-state index >= 15 is 0 Å². The van der Waals surface area contributed by atoms with Crippen LogP contribution in [0.15, 0.2) is 140 Å². The van der Waals surface area contributed by atoms with Gasteiger partial charge in [0.15, 0.2) is 0 Å². The molecule has 0 saturated heterocycles. The molecule has 7 aromatic carbocycles. The molecule has 2 heterocycles. The Morgan fingerprint density at radius 3 is 2.00 bits per heavy atom. The fraction of sp³-hybridized carbons (Fsp3) is 0. The molecule has 0 unspecified atom stereocenters. The standard InChI is InChI=1S/C39H23NS/c1-2-10-24(11-3-1)39-31-19-21-36-38(37(31)30-16-8-9-17-34(30)40-39)33-23-26(18-20-35(33)41-36)32-22-25-12-4-5-13-27(25)28-14-6-7-15-29(28)32/h1-23H. The van der Waals surface area contributed by atoms with Crippen molar-refractivity contribution in [2.24, 2.45) is 0 Å². The highest BCUT2D eigenvalue weighted by Crippen LogP contribution is 2.45. The number of hydrogen-bond donors (Lipinski definition) is 0. The second-order valence-corrected chi connectivity index (χ2v) is 11.8. The molecule has 0 fully saturated rings. The van der Waals surface area contributed by atoms with Crippen molar-refractivity contribution >= 4 is 74.7 Å². The predicted molar refractivity (Wildman–Crippen MR) is 178 cm³/mol. The van der Waals surface area contributed by atoms with Gasteiger partial charge in [0.25, 0.3) is 0 Å². The van der Waals surface area contributed by atoms with Gasteiger partial charge in [-0.15, -0.1) is 11.3 Å². The summed E-state index contributed by atoms with van der Waals surface area (Å²) in [6, 6.07) is 50.6. The summed E-state index contributed by atoms with van der Waals surface area (Å²) < 4.78 is 2.62. The highest BCUT2D eigenvalue weighted by atomic mass is 32.1. The fourth-order valence-electron chi connectivity index (χ4n) is 6.59. The number of fused-ring (bicyclic) bond motifs is 10. The lowest BCUT2D eigenvalue weighted by Gasteiger charge is -2.13. The topological polar surface area (TPSA) is 12.9 Å². The van der Waals surface area contributed by atoms with E-state index in [0.29, 0.717) is 0 Å². The summed E-state index contributed by atoms with van der Waals surface area (Å²) in [6.07, 6.45) is 0. The second kappa shape index (κ2) is 8.72. The third-order valence-corrected chi connectivity index (χ3v) is 9.56. The summed E-state index contributed by atoms with van der Waals surface area (Å²) in [4.78, 5) is 5.18. The lowest BCUT2D eigenvalue weighted by atomic mass is 9.92. The van der Waals surface area contributed by atoms with Gasteiger partial charge in [0, 0.05) is 41.9 Å². The quantitative estimate of drug-likeness (QED) is 0.200. The molecule has 0 atom stereocenters. The first-order valence-corrected chi connectivity index (χ1v) is 14.8. The SMILES string of the molecule is c1ccc(-c2nc3ccccc3c3c2ccc2sc4ccc(-c5cc6ccccc6c6ccccc56)cc4c23)cc1. The Labute approximate surface area is 240 Å². The van der Waals surface area contributed by atoms with Crippen molar-refractivity contribution in [2.45, 2.75) is 0 Å². The first-order valence-electron chi connectivity index (χ1n) is 14.0. The van der Waals surface area contributed by atoms with Crippen molar-refractivity contribution in [2.75, 3.05) is 0 Å². The van der Waals surface area contributed by atoms with Crippen LogP contribution in [0.4, 0.5) is 0 Å². The number of hydrogen-bond acceptors (Lipinski definition) is 2. The molecule has 0 N–H and O–H groups in total. The molecule has 9 aromatic rings. The second-order valence-electron chi connectivity index (χ2n) is 10.7. The maximum Gasteiger partial charge on any atom is 0.0788 e. The molecule has 0 spiro atoms. The summed E-state index contributed by atoms with van der Waals surface area (Å²) in [6.45, 7) is 0. The number of aromatic nitrogens is 1. The summed E-state index contributed by atoms with van der Waals surface area (Å²) in [5.41, 5.74) is 5.74. The number of nitrogens with zero attached hydrogens (tertiary/aromatic N) is 1. The van der Waals surface area contributed by atoms with Crippen molar-refractivity contribution in [1.29, 1.82) is 0 Å². The van der Waals surface area contributed by atoms with Gasteiger partial charge >= 0.3 is 0 Å². The van der Waals surface area contributed by atoms with Crippen LogP contribution in [0.5, 0.6) is 0 Å². The molecule has 2 aromatic heterocycles. The van der Waals surface area contributed by atoms with Crippen LogP contribution >= 0.6 is 11.3 Å². The van der Waals surface area contributed by atoms with Crippen LogP contribution in [0, 0.1) is 0 Å². The van der Waals surface area contributed by atoms with Gasteiger partial charge in [-0.25, -0.2) is 4.98 Å². The van der Waals surface area contributed by atoms with Crippen molar-refractivity contribution in [1.82, 2.24) is 4.98 Å². The van der Waals surface area contributed by atoms with E-state index in [2.05, 4.69) is 140 Å². The molecule has 0 bridgehead atoms. The first kappa shape index (κ1) is 22.7. The van der Waals surface area contributed by atoms with Crippen molar-refractivity contribution in [3.05, 3.63) is 140 Å². The maximum atomic E-state index is 5.18. The van der Waals surface area contributed by atoms with E-state index in [4.69, 9.17) is 4.98 Å². The molecule has 0 aliphatic rings. The number of pyridine rings is 1. The number of para-hydroxylation sites is 1. The average Bonchev–Trinajstić information content (AvgIpc) is 3.42. The van der Waals surface area contributed by atoms with E-state index in [1.807, 2.05) is 11.3 Å². The minimum absolute atomic E-state index is 1.03. The Bertz CT molecular complexity index is 2470. The van der Waals surface area contributed by atoms with Crippen molar-refractivity contribution in [3.8, 4) is 22.4 Å². The van der Waals surface area contributed by atoms with Crippen LogP contribution in [-0.2, 0) is 0 Å². The largest absolute Gasteiger partial charge is 0.247 e. The fourth-order valence-corrected chi connectivity index (χ4v) is 7.68. The number of thiophene rings is 1. The molecule has 2 heteroatoms. The minimum Gasteiger partial charge on any atom is -0.247 e. The highest BCUT2D eigenvalue weighted by Gasteiger charge is 2.17. The van der Waals surface area contributed by atoms with Crippen LogP contribution in [0.25, 0.3) is 85.8 Å². The normalized spacial score (nSPS) is 11.9. The molecule has 1 nitrogen and oxygen atoms in total.